The molecule has 4 rings (SSSR count). The van der Waals surface area contributed by atoms with E-state index in [-0.39, 0.29) is 16.2 Å². The van der Waals surface area contributed by atoms with Crippen LogP contribution in [0.3, 0.4) is 0 Å². The summed E-state index contributed by atoms with van der Waals surface area (Å²) in [5, 5.41) is 4.85. The van der Waals surface area contributed by atoms with Crippen molar-refractivity contribution in [1.82, 2.24) is 14.6 Å². The van der Waals surface area contributed by atoms with Crippen molar-refractivity contribution in [1.29, 1.82) is 0 Å². The molecule has 0 N–H and O–H groups in total. The van der Waals surface area contributed by atoms with Crippen LogP contribution in [0, 0.1) is 6.92 Å². The molecule has 0 aliphatic heterocycles. The normalized spacial score (nSPS) is 12.2. The second-order valence-corrected chi connectivity index (χ2v) is 7.27. The van der Waals surface area contributed by atoms with Gasteiger partial charge in [0, 0.05) is 11.6 Å². The summed E-state index contributed by atoms with van der Waals surface area (Å²) < 4.78 is 7.25. The molecule has 4 aromatic rings. The third-order valence-corrected chi connectivity index (χ3v) is 5.34. The van der Waals surface area contributed by atoms with Crippen molar-refractivity contribution in [3.8, 4) is 11.3 Å². The largest absolute Gasteiger partial charge is 0.457 e. The van der Waals surface area contributed by atoms with Crippen LogP contribution in [0.4, 0.5) is 0 Å². The number of benzene rings is 1. The van der Waals surface area contributed by atoms with Gasteiger partial charge < -0.3 is 4.42 Å². The number of rotatable bonds is 2. The fourth-order valence-corrected chi connectivity index (χ4v) is 3.53. The Bertz CT molecular complexity index is 1320. The van der Waals surface area contributed by atoms with E-state index in [0.717, 1.165) is 21.4 Å². The lowest BCUT2D eigenvalue weighted by atomic mass is 10.2. The van der Waals surface area contributed by atoms with Gasteiger partial charge in [0.25, 0.3) is 11.1 Å². The number of aryl methyl sites for hydroxylation is 1. The Labute approximate surface area is 159 Å². The number of aromatic nitrogens is 3. The van der Waals surface area contributed by atoms with Crippen molar-refractivity contribution < 1.29 is 4.42 Å². The second kappa shape index (κ2) is 6.35. The van der Waals surface area contributed by atoms with E-state index in [1.807, 2.05) is 0 Å². The van der Waals surface area contributed by atoms with Crippen molar-refractivity contribution in [2.45, 2.75) is 6.92 Å². The van der Waals surface area contributed by atoms with Crippen LogP contribution in [0.15, 0.2) is 44.3 Å². The Morgan fingerprint density at radius 1 is 1.15 bits per heavy atom. The third-order valence-electron chi connectivity index (χ3n) is 3.65. The number of hydrogen-bond acceptors (Lipinski definition) is 6. The van der Waals surface area contributed by atoms with Crippen molar-refractivity contribution in [2.24, 2.45) is 0 Å². The van der Waals surface area contributed by atoms with Crippen molar-refractivity contribution >= 4 is 45.6 Å². The van der Waals surface area contributed by atoms with Gasteiger partial charge in [-0.25, -0.2) is 0 Å². The molecular weight excluding hydrogens is 397 g/mol. The van der Waals surface area contributed by atoms with Crippen molar-refractivity contribution in [3.63, 3.8) is 0 Å². The molecule has 3 heterocycles. The van der Waals surface area contributed by atoms with E-state index in [2.05, 4.69) is 10.1 Å². The predicted octanol–water partition coefficient (Wildman–Crippen LogP) is 2.93. The minimum atomic E-state index is -0.447. The Hall–Kier alpha value is -2.48. The zero-order valence-corrected chi connectivity index (χ0v) is 15.5. The molecule has 0 saturated heterocycles. The van der Waals surface area contributed by atoms with E-state index < -0.39 is 5.56 Å². The molecule has 0 radical (unpaired) electrons. The van der Waals surface area contributed by atoms with Crippen LogP contribution >= 0.6 is 34.5 Å². The topological polar surface area (TPSA) is 77.5 Å². The maximum Gasteiger partial charge on any atom is 0.295 e. The SMILES string of the molecule is Cc1nn2c(=O)c(=Cc3ccc(-c4ccc(Cl)c(Cl)c4)o3)sc2nc1=O. The zero-order valence-electron chi connectivity index (χ0n) is 13.2. The summed E-state index contributed by atoms with van der Waals surface area (Å²) >= 11 is 13.0. The van der Waals surface area contributed by atoms with Gasteiger partial charge >= 0.3 is 0 Å². The van der Waals surface area contributed by atoms with Gasteiger partial charge in [-0.05, 0) is 37.3 Å². The van der Waals surface area contributed by atoms with E-state index >= 15 is 0 Å². The molecule has 9 heteroatoms. The first-order valence-corrected chi connectivity index (χ1v) is 8.97. The lowest BCUT2D eigenvalue weighted by molar-refractivity contribution is 0.571. The molecule has 0 aliphatic rings. The minimum absolute atomic E-state index is 0.170. The molecule has 0 unspecified atom stereocenters. The van der Waals surface area contributed by atoms with Crippen molar-refractivity contribution in [3.05, 3.63) is 77.1 Å². The standard InChI is InChI=1S/C17H9Cl2N3O3S/c1-8-15(23)20-17-22(21-8)16(24)14(26-17)7-10-3-5-13(25-10)9-2-4-11(18)12(19)6-9/h2-7H,1H3. The maximum absolute atomic E-state index is 12.4. The molecule has 0 atom stereocenters. The average molecular weight is 406 g/mol. The summed E-state index contributed by atoms with van der Waals surface area (Å²) in [4.78, 5) is 28.1. The van der Waals surface area contributed by atoms with E-state index in [4.69, 9.17) is 27.6 Å². The Morgan fingerprint density at radius 3 is 2.73 bits per heavy atom. The number of hydrogen-bond donors (Lipinski definition) is 0. The Morgan fingerprint density at radius 2 is 1.96 bits per heavy atom. The van der Waals surface area contributed by atoms with E-state index in [1.54, 1.807) is 36.4 Å². The highest BCUT2D eigenvalue weighted by atomic mass is 35.5. The molecule has 3 aromatic heterocycles. The highest BCUT2D eigenvalue weighted by Gasteiger charge is 2.10. The van der Waals surface area contributed by atoms with E-state index in [0.29, 0.717) is 26.1 Å². The molecular formula is C17H9Cl2N3O3S. The first-order valence-electron chi connectivity index (χ1n) is 7.40. The molecule has 0 saturated carbocycles. The van der Waals surface area contributed by atoms with E-state index in [9.17, 15) is 9.59 Å². The van der Waals surface area contributed by atoms with E-state index in [1.165, 1.54) is 6.92 Å². The van der Waals surface area contributed by atoms with Gasteiger partial charge in [0.05, 0.1) is 10.0 Å². The number of thiazole rings is 1. The van der Waals surface area contributed by atoms with Crippen LogP contribution in [0.1, 0.15) is 11.5 Å². The monoisotopic (exact) mass is 405 g/mol. The molecule has 1 aromatic carbocycles. The van der Waals surface area contributed by atoms with Crippen molar-refractivity contribution in [2.75, 3.05) is 0 Å². The first-order chi connectivity index (χ1) is 12.4. The lowest BCUT2D eigenvalue weighted by Crippen LogP contribution is -2.27. The van der Waals surface area contributed by atoms with Crippen LogP contribution in [-0.2, 0) is 0 Å². The lowest BCUT2D eigenvalue weighted by Gasteiger charge is -1.99. The number of nitrogens with zero attached hydrogens (tertiary/aromatic N) is 3. The smallest absolute Gasteiger partial charge is 0.295 e. The quantitative estimate of drug-likeness (QED) is 0.512. The minimum Gasteiger partial charge on any atom is -0.457 e. The van der Waals surface area contributed by atoms with Gasteiger partial charge in [-0.2, -0.15) is 14.6 Å². The number of fused-ring (bicyclic) bond motifs is 1. The van der Waals surface area contributed by atoms with Gasteiger partial charge in [0.2, 0.25) is 4.96 Å². The average Bonchev–Trinajstić information content (AvgIpc) is 3.18. The fourth-order valence-electron chi connectivity index (χ4n) is 2.35. The van der Waals surface area contributed by atoms with Crippen LogP contribution in [-0.4, -0.2) is 14.6 Å². The maximum atomic E-state index is 12.4. The Kier molecular flexibility index (Phi) is 4.14. The predicted molar refractivity (Wildman–Crippen MR) is 101 cm³/mol. The van der Waals surface area contributed by atoms with Crippen LogP contribution in [0.25, 0.3) is 22.4 Å². The molecule has 6 nitrogen and oxygen atoms in total. The van der Waals surface area contributed by atoms with Gasteiger partial charge in [-0.15, -0.1) is 0 Å². The highest BCUT2D eigenvalue weighted by molar-refractivity contribution is 7.15. The highest BCUT2D eigenvalue weighted by Crippen LogP contribution is 2.29. The summed E-state index contributed by atoms with van der Waals surface area (Å²) in [6.07, 6.45) is 1.59. The summed E-state index contributed by atoms with van der Waals surface area (Å²) in [7, 11) is 0. The van der Waals surface area contributed by atoms with Crippen LogP contribution in [0.2, 0.25) is 10.0 Å². The first kappa shape index (κ1) is 17.0. The molecule has 0 fully saturated rings. The second-order valence-electron chi connectivity index (χ2n) is 5.44. The number of halogens is 2. The summed E-state index contributed by atoms with van der Waals surface area (Å²) in [5.74, 6) is 1.07. The zero-order chi connectivity index (χ0) is 18.4. The molecule has 26 heavy (non-hydrogen) atoms. The van der Waals surface area contributed by atoms with Gasteiger partial charge in [-0.3, -0.25) is 9.59 Å². The molecule has 0 bridgehead atoms. The molecule has 130 valence electrons. The third kappa shape index (κ3) is 2.94. The summed E-state index contributed by atoms with van der Waals surface area (Å²) in [6.45, 7) is 1.51. The van der Waals surface area contributed by atoms with Gasteiger partial charge in [0.1, 0.15) is 21.7 Å². The fraction of sp³-hybridized carbons (Fsp3) is 0.0588. The van der Waals surface area contributed by atoms with Crippen LogP contribution in [0.5, 0.6) is 0 Å². The summed E-state index contributed by atoms with van der Waals surface area (Å²) in [5.41, 5.74) is 0.136. The molecule has 0 amide bonds. The van der Waals surface area contributed by atoms with Gasteiger partial charge in [-0.1, -0.05) is 34.5 Å². The van der Waals surface area contributed by atoms with Crippen LogP contribution < -0.4 is 15.7 Å². The Balaban J connectivity index is 1.80. The molecule has 0 aliphatic carbocycles. The van der Waals surface area contributed by atoms with Gasteiger partial charge in [0.15, 0.2) is 0 Å². The number of furan rings is 1. The molecule has 0 spiro atoms. The summed E-state index contributed by atoms with van der Waals surface area (Å²) in [6, 6.07) is 8.68.